The molecule has 2 rings (SSSR count). The van der Waals surface area contributed by atoms with Crippen molar-refractivity contribution in [2.45, 2.75) is 26.4 Å². The quantitative estimate of drug-likeness (QED) is 0.790. The molecule has 2 aromatic rings. The molecule has 8 nitrogen and oxygen atoms in total. The highest BCUT2D eigenvalue weighted by atomic mass is 16.5. The molecule has 2 aromatic heterocycles. The van der Waals surface area contributed by atoms with Crippen molar-refractivity contribution in [3.05, 3.63) is 18.5 Å². The number of anilines is 2. The largest absolute Gasteiger partial charge is 0.473 e. The van der Waals surface area contributed by atoms with Crippen LogP contribution in [-0.2, 0) is 6.42 Å². The fourth-order valence-corrected chi connectivity index (χ4v) is 1.43. The number of nitrogens with two attached hydrogens (primary N) is 1. The zero-order valence-corrected chi connectivity index (χ0v) is 10.8. The summed E-state index contributed by atoms with van der Waals surface area (Å²) in [4.78, 5) is 12.0. The minimum atomic E-state index is 0.00319. The van der Waals surface area contributed by atoms with Crippen LogP contribution < -0.4 is 15.8 Å². The van der Waals surface area contributed by atoms with Gasteiger partial charge in [-0.25, -0.2) is 4.98 Å². The van der Waals surface area contributed by atoms with Gasteiger partial charge in [0.05, 0.1) is 6.10 Å². The third-order valence-electron chi connectivity index (χ3n) is 2.23. The van der Waals surface area contributed by atoms with Gasteiger partial charge in [-0.15, -0.1) is 0 Å². The van der Waals surface area contributed by atoms with E-state index >= 15 is 0 Å². The second-order valence-corrected chi connectivity index (χ2v) is 4.12. The molecule has 0 aliphatic heterocycles. The predicted molar refractivity (Wildman–Crippen MR) is 68.7 cm³/mol. The molecule has 2 heterocycles. The highest BCUT2D eigenvalue weighted by Crippen LogP contribution is 2.25. The molecule has 102 valence electrons. The van der Waals surface area contributed by atoms with Crippen LogP contribution in [0.2, 0.25) is 0 Å². The van der Waals surface area contributed by atoms with Gasteiger partial charge in [-0.2, -0.15) is 9.97 Å². The maximum Gasteiger partial charge on any atom is 0.242 e. The molecule has 3 N–H and O–H groups in total. The van der Waals surface area contributed by atoms with Crippen molar-refractivity contribution in [1.82, 2.24) is 20.1 Å². The number of hydrogen-bond donors (Lipinski definition) is 2. The lowest BCUT2D eigenvalue weighted by Crippen LogP contribution is -2.13. The molecule has 8 heteroatoms. The van der Waals surface area contributed by atoms with Crippen molar-refractivity contribution < 1.29 is 9.26 Å². The van der Waals surface area contributed by atoms with Crippen molar-refractivity contribution in [2.75, 3.05) is 17.6 Å². The van der Waals surface area contributed by atoms with E-state index in [4.69, 9.17) is 15.0 Å². The second-order valence-electron chi connectivity index (χ2n) is 4.12. The van der Waals surface area contributed by atoms with E-state index in [0.717, 1.165) is 0 Å². The Kier molecular flexibility index (Phi) is 4.11. The Morgan fingerprint density at radius 1 is 1.32 bits per heavy atom. The van der Waals surface area contributed by atoms with Crippen LogP contribution in [0.3, 0.4) is 0 Å². The third-order valence-corrected chi connectivity index (χ3v) is 2.23. The molecular formula is C11H16N6O2. The smallest absolute Gasteiger partial charge is 0.242 e. The molecule has 0 aliphatic rings. The van der Waals surface area contributed by atoms with Crippen LogP contribution >= 0.6 is 0 Å². The van der Waals surface area contributed by atoms with Gasteiger partial charge >= 0.3 is 0 Å². The number of rotatable bonds is 6. The van der Waals surface area contributed by atoms with Crippen LogP contribution in [0.4, 0.5) is 11.5 Å². The van der Waals surface area contributed by atoms with Gasteiger partial charge in [0.15, 0.2) is 12.1 Å². The van der Waals surface area contributed by atoms with E-state index in [1.165, 1.54) is 12.7 Å². The Balaban J connectivity index is 1.96. The highest BCUT2D eigenvalue weighted by Gasteiger charge is 2.10. The van der Waals surface area contributed by atoms with Gasteiger partial charge in [0, 0.05) is 13.0 Å². The maximum absolute atomic E-state index is 5.93. The van der Waals surface area contributed by atoms with Crippen LogP contribution in [0.5, 0.6) is 5.88 Å². The Bertz CT molecular complexity index is 514. The topological polar surface area (TPSA) is 112 Å². The molecule has 0 bridgehead atoms. The first-order valence-corrected chi connectivity index (χ1v) is 5.93. The number of nitrogens with one attached hydrogen (secondary N) is 1. The number of nitrogens with zero attached hydrogens (tertiary/aromatic N) is 4. The van der Waals surface area contributed by atoms with Gasteiger partial charge in [0.25, 0.3) is 0 Å². The lowest BCUT2D eigenvalue weighted by molar-refractivity contribution is 0.234. The van der Waals surface area contributed by atoms with Crippen LogP contribution in [0.1, 0.15) is 19.7 Å². The average molecular weight is 264 g/mol. The van der Waals surface area contributed by atoms with E-state index in [-0.39, 0.29) is 6.10 Å². The Morgan fingerprint density at radius 3 is 2.84 bits per heavy atom. The summed E-state index contributed by atoms with van der Waals surface area (Å²) < 4.78 is 10.4. The molecule has 0 aromatic carbocycles. The van der Waals surface area contributed by atoms with Crippen LogP contribution in [0.15, 0.2) is 17.2 Å². The molecular weight excluding hydrogens is 248 g/mol. The normalized spacial score (nSPS) is 10.7. The maximum atomic E-state index is 5.93. The number of ether oxygens (including phenoxy) is 1. The molecule has 0 radical (unpaired) electrons. The number of aromatic nitrogens is 4. The minimum Gasteiger partial charge on any atom is -0.473 e. The summed E-state index contributed by atoms with van der Waals surface area (Å²) in [6.45, 7) is 4.39. The Labute approximate surface area is 110 Å². The molecule has 0 saturated carbocycles. The van der Waals surface area contributed by atoms with Crippen LogP contribution in [0.25, 0.3) is 0 Å². The van der Waals surface area contributed by atoms with Crippen molar-refractivity contribution in [1.29, 1.82) is 0 Å². The lowest BCUT2D eigenvalue weighted by Gasteiger charge is -2.13. The summed E-state index contributed by atoms with van der Waals surface area (Å²) in [5.74, 6) is 1.47. The van der Waals surface area contributed by atoms with Gasteiger partial charge < -0.3 is 20.3 Å². The van der Waals surface area contributed by atoms with Gasteiger partial charge in [-0.3, -0.25) is 0 Å². The van der Waals surface area contributed by atoms with E-state index in [1.807, 2.05) is 13.8 Å². The van der Waals surface area contributed by atoms with Crippen molar-refractivity contribution in [3.8, 4) is 5.88 Å². The van der Waals surface area contributed by atoms with Crippen LogP contribution in [-0.4, -0.2) is 32.8 Å². The Morgan fingerprint density at radius 2 is 2.16 bits per heavy atom. The minimum absolute atomic E-state index is 0.00319. The summed E-state index contributed by atoms with van der Waals surface area (Å²) in [7, 11) is 0. The SMILES string of the molecule is CC(C)Oc1ncnc(NCCc2ncno2)c1N. The molecule has 0 spiro atoms. The fourth-order valence-electron chi connectivity index (χ4n) is 1.43. The predicted octanol–water partition coefficient (Wildman–Crippen LogP) is 0.884. The molecule has 0 saturated heterocycles. The highest BCUT2D eigenvalue weighted by molar-refractivity contribution is 5.66. The summed E-state index contributed by atoms with van der Waals surface area (Å²) in [5.41, 5.74) is 6.32. The van der Waals surface area contributed by atoms with E-state index < -0.39 is 0 Å². The summed E-state index contributed by atoms with van der Waals surface area (Å²) in [5, 5.41) is 6.61. The molecule has 0 unspecified atom stereocenters. The molecule has 0 atom stereocenters. The molecule has 0 fully saturated rings. The van der Waals surface area contributed by atoms with Crippen molar-refractivity contribution >= 4 is 11.5 Å². The number of hydrogen-bond acceptors (Lipinski definition) is 8. The molecule has 0 amide bonds. The third kappa shape index (κ3) is 3.54. The Hall–Kier alpha value is -2.38. The lowest BCUT2D eigenvalue weighted by atomic mass is 10.4. The monoisotopic (exact) mass is 264 g/mol. The molecule has 0 aliphatic carbocycles. The van der Waals surface area contributed by atoms with Crippen molar-refractivity contribution in [2.24, 2.45) is 0 Å². The summed E-state index contributed by atoms with van der Waals surface area (Å²) in [6.07, 6.45) is 3.36. The zero-order chi connectivity index (χ0) is 13.7. The first-order chi connectivity index (χ1) is 9.16. The first-order valence-electron chi connectivity index (χ1n) is 5.93. The van der Waals surface area contributed by atoms with Crippen LogP contribution in [0, 0.1) is 0 Å². The standard InChI is InChI=1S/C11H16N6O2/c1-7(2)18-11-9(12)10(15-5-16-11)13-4-3-8-14-6-17-19-8/h5-7H,3-4,12H2,1-2H3,(H,13,15,16). The van der Waals surface area contributed by atoms with E-state index in [2.05, 4.69) is 25.4 Å². The zero-order valence-electron chi connectivity index (χ0n) is 10.8. The fraction of sp³-hybridized carbons (Fsp3) is 0.455. The van der Waals surface area contributed by atoms with Gasteiger partial charge in [-0.05, 0) is 13.8 Å². The van der Waals surface area contributed by atoms with Crippen molar-refractivity contribution in [3.63, 3.8) is 0 Å². The molecule has 19 heavy (non-hydrogen) atoms. The average Bonchev–Trinajstić information content (AvgIpc) is 2.86. The summed E-state index contributed by atoms with van der Waals surface area (Å²) >= 11 is 0. The van der Waals surface area contributed by atoms with Gasteiger partial charge in [0.1, 0.15) is 12.0 Å². The second kappa shape index (κ2) is 5.98. The summed E-state index contributed by atoms with van der Waals surface area (Å²) in [6, 6.07) is 0. The van der Waals surface area contributed by atoms with E-state index in [0.29, 0.717) is 36.2 Å². The van der Waals surface area contributed by atoms with Gasteiger partial charge in [-0.1, -0.05) is 5.16 Å². The van der Waals surface area contributed by atoms with E-state index in [9.17, 15) is 0 Å². The first kappa shape index (κ1) is 13.1. The van der Waals surface area contributed by atoms with Gasteiger partial charge in [0.2, 0.25) is 11.8 Å². The number of nitrogen functional groups attached to an aromatic ring is 1. The van der Waals surface area contributed by atoms with E-state index in [1.54, 1.807) is 0 Å².